The van der Waals surface area contributed by atoms with Crippen molar-refractivity contribution >= 4 is 35.6 Å². The first kappa shape index (κ1) is 30.0. The molecule has 5 atom stereocenters. The van der Waals surface area contributed by atoms with Gasteiger partial charge in [0.2, 0.25) is 17.7 Å². The number of hydrogen-bond donors (Lipinski definition) is 8. The second-order valence-electron chi connectivity index (χ2n) is 8.01. The maximum absolute atomic E-state index is 13.0. The maximum Gasteiger partial charge on any atom is 0.326 e. The third-order valence-electron chi connectivity index (χ3n) is 5.01. The number of carbonyl (C=O) groups excluding carboxylic acids is 3. The Morgan fingerprint density at radius 1 is 0.806 bits per heavy atom. The van der Waals surface area contributed by atoms with Crippen LogP contribution in [0, 0.1) is 0 Å². The monoisotopic (exact) mass is 510 g/mol. The first-order chi connectivity index (χ1) is 16.8. The summed E-state index contributed by atoms with van der Waals surface area (Å²) in [6, 6.07) is 2.28. The molecule has 9 N–H and O–H groups in total. The van der Waals surface area contributed by atoms with Gasteiger partial charge in [-0.15, -0.1) is 0 Å². The van der Waals surface area contributed by atoms with Crippen molar-refractivity contribution in [2.45, 2.75) is 62.9 Å². The molecule has 0 heterocycles. The molecule has 5 unspecified atom stereocenters. The van der Waals surface area contributed by atoms with Crippen molar-refractivity contribution in [2.75, 3.05) is 0 Å². The minimum atomic E-state index is -1.75. The summed E-state index contributed by atoms with van der Waals surface area (Å²) in [6.07, 6.45) is -3.31. The van der Waals surface area contributed by atoms with Gasteiger partial charge in [-0.3, -0.25) is 24.0 Å². The van der Waals surface area contributed by atoms with E-state index in [0.717, 1.165) is 0 Å². The van der Waals surface area contributed by atoms with Crippen molar-refractivity contribution in [1.82, 2.24) is 16.0 Å². The Labute approximate surface area is 205 Å². The van der Waals surface area contributed by atoms with Crippen LogP contribution < -0.4 is 21.7 Å². The molecule has 0 spiro atoms. The lowest BCUT2D eigenvalue weighted by Gasteiger charge is -2.25. The zero-order valence-corrected chi connectivity index (χ0v) is 19.4. The van der Waals surface area contributed by atoms with Gasteiger partial charge >= 0.3 is 17.9 Å². The van der Waals surface area contributed by atoms with Gasteiger partial charge in [-0.1, -0.05) is 30.3 Å². The molecule has 36 heavy (non-hydrogen) atoms. The molecule has 1 aromatic rings. The lowest BCUT2D eigenvalue weighted by molar-refractivity contribution is -0.144. The predicted molar refractivity (Wildman–Crippen MR) is 122 cm³/mol. The number of nitrogens with two attached hydrogens (primary N) is 1. The Bertz CT molecular complexity index is 953. The molecule has 0 bridgehead atoms. The van der Waals surface area contributed by atoms with Crippen LogP contribution in [0.3, 0.4) is 0 Å². The number of aliphatic carboxylic acids is 3. The van der Waals surface area contributed by atoms with Gasteiger partial charge < -0.3 is 42.1 Å². The minimum Gasteiger partial charge on any atom is -0.481 e. The molecule has 0 saturated carbocycles. The summed E-state index contributed by atoms with van der Waals surface area (Å²) >= 11 is 0. The largest absolute Gasteiger partial charge is 0.481 e. The summed E-state index contributed by atoms with van der Waals surface area (Å²) in [5.41, 5.74) is 6.22. The summed E-state index contributed by atoms with van der Waals surface area (Å²) in [7, 11) is 0. The maximum atomic E-state index is 13.0. The van der Waals surface area contributed by atoms with Crippen molar-refractivity contribution in [3.8, 4) is 0 Å². The molecule has 3 amide bonds. The van der Waals surface area contributed by atoms with Crippen LogP contribution in [0.1, 0.15) is 31.7 Å². The number of carbonyl (C=O) groups is 6. The van der Waals surface area contributed by atoms with E-state index in [-0.39, 0.29) is 6.42 Å². The van der Waals surface area contributed by atoms with Crippen LogP contribution in [-0.4, -0.2) is 86.3 Å². The highest BCUT2D eigenvalue weighted by molar-refractivity contribution is 5.95. The second kappa shape index (κ2) is 14.4. The number of carboxylic acid groups (broad SMARTS) is 3. The lowest BCUT2D eigenvalue weighted by Crippen LogP contribution is -2.59. The predicted octanol–water partition coefficient (Wildman–Crippen LogP) is -2.18. The molecule has 0 aliphatic carbocycles. The van der Waals surface area contributed by atoms with Crippen LogP contribution in [0.15, 0.2) is 30.3 Å². The number of rotatable bonds is 15. The zero-order valence-electron chi connectivity index (χ0n) is 19.4. The van der Waals surface area contributed by atoms with Gasteiger partial charge in [-0.25, -0.2) is 4.79 Å². The average molecular weight is 511 g/mol. The van der Waals surface area contributed by atoms with Crippen LogP contribution in [-0.2, 0) is 35.2 Å². The summed E-state index contributed by atoms with van der Waals surface area (Å²) in [5, 5.41) is 43.3. The van der Waals surface area contributed by atoms with E-state index in [1.54, 1.807) is 30.3 Å². The standard InChI is InChI=1S/C22H30N4O10/c1-11(27)18(23)21(34)26-14(9-12-5-3-2-4-6-12)19(32)25-15(10-17(30)31)20(33)24-13(22(35)36)7-8-16(28)29/h2-6,11,13-15,18,27H,7-10,23H2,1H3,(H,24,33)(H,25,32)(H,26,34)(H,28,29)(H,30,31)(H,35,36). The SMILES string of the molecule is CC(O)C(N)C(=O)NC(Cc1ccccc1)C(=O)NC(CC(=O)O)C(=O)NC(CCC(=O)O)C(=O)O. The highest BCUT2D eigenvalue weighted by atomic mass is 16.4. The van der Waals surface area contributed by atoms with Crippen LogP contribution in [0.25, 0.3) is 0 Å². The number of nitrogens with one attached hydrogen (secondary N) is 3. The van der Waals surface area contributed by atoms with Crippen LogP contribution in [0.4, 0.5) is 0 Å². The Balaban J connectivity index is 3.10. The molecule has 0 radical (unpaired) electrons. The molecule has 0 aliphatic heterocycles. The second-order valence-corrected chi connectivity index (χ2v) is 8.01. The average Bonchev–Trinajstić information content (AvgIpc) is 2.79. The Hall–Kier alpha value is -4.04. The van der Waals surface area contributed by atoms with Gasteiger partial charge in [-0.2, -0.15) is 0 Å². The Morgan fingerprint density at radius 2 is 1.33 bits per heavy atom. The molecule has 198 valence electrons. The first-order valence-corrected chi connectivity index (χ1v) is 10.9. The molecule has 1 rings (SSSR count). The van der Waals surface area contributed by atoms with Crippen LogP contribution >= 0.6 is 0 Å². The minimum absolute atomic E-state index is 0.0806. The summed E-state index contributed by atoms with van der Waals surface area (Å²) in [5.74, 6) is -7.36. The fraction of sp³-hybridized carbons (Fsp3) is 0.455. The third-order valence-corrected chi connectivity index (χ3v) is 5.01. The summed E-state index contributed by atoms with van der Waals surface area (Å²) in [4.78, 5) is 71.4. The normalized spacial score (nSPS) is 14.9. The van der Waals surface area contributed by atoms with E-state index in [4.69, 9.17) is 10.8 Å². The van der Waals surface area contributed by atoms with Crippen molar-refractivity contribution in [1.29, 1.82) is 0 Å². The van der Waals surface area contributed by atoms with Crippen molar-refractivity contribution < 1.29 is 49.2 Å². The molecule has 14 nitrogen and oxygen atoms in total. The van der Waals surface area contributed by atoms with E-state index in [2.05, 4.69) is 10.6 Å². The molecule has 0 saturated heterocycles. The van der Waals surface area contributed by atoms with E-state index in [1.165, 1.54) is 6.92 Å². The van der Waals surface area contributed by atoms with E-state index in [1.807, 2.05) is 5.32 Å². The Kier molecular flexibility index (Phi) is 12.0. The molecule has 14 heteroatoms. The molecular weight excluding hydrogens is 480 g/mol. The number of hydrogen-bond acceptors (Lipinski definition) is 8. The van der Waals surface area contributed by atoms with Gasteiger partial charge in [0.15, 0.2) is 0 Å². The third kappa shape index (κ3) is 10.5. The first-order valence-electron chi connectivity index (χ1n) is 10.9. The number of aliphatic hydroxyl groups excluding tert-OH is 1. The van der Waals surface area contributed by atoms with Crippen molar-refractivity contribution in [3.63, 3.8) is 0 Å². The highest BCUT2D eigenvalue weighted by Crippen LogP contribution is 2.07. The summed E-state index contributed by atoms with van der Waals surface area (Å²) < 4.78 is 0. The quantitative estimate of drug-likeness (QED) is 0.126. The fourth-order valence-corrected chi connectivity index (χ4v) is 3.00. The molecule has 0 fully saturated rings. The van der Waals surface area contributed by atoms with Gasteiger partial charge in [0, 0.05) is 12.8 Å². The molecule has 1 aromatic carbocycles. The van der Waals surface area contributed by atoms with E-state index >= 15 is 0 Å². The van der Waals surface area contributed by atoms with E-state index < -0.39 is 85.2 Å². The lowest BCUT2D eigenvalue weighted by atomic mass is 10.0. The van der Waals surface area contributed by atoms with Crippen LogP contribution in [0.5, 0.6) is 0 Å². The number of carboxylic acids is 3. The van der Waals surface area contributed by atoms with Gasteiger partial charge in [-0.05, 0) is 18.9 Å². The van der Waals surface area contributed by atoms with Gasteiger partial charge in [0.1, 0.15) is 24.2 Å². The molecule has 0 aromatic heterocycles. The van der Waals surface area contributed by atoms with E-state index in [0.29, 0.717) is 5.56 Å². The van der Waals surface area contributed by atoms with Gasteiger partial charge in [0.25, 0.3) is 0 Å². The highest BCUT2D eigenvalue weighted by Gasteiger charge is 2.32. The van der Waals surface area contributed by atoms with Crippen LogP contribution in [0.2, 0.25) is 0 Å². The topological polar surface area (TPSA) is 245 Å². The number of amides is 3. The fourth-order valence-electron chi connectivity index (χ4n) is 3.00. The summed E-state index contributed by atoms with van der Waals surface area (Å²) in [6.45, 7) is 1.27. The van der Waals surface area contributed by atoms with Gasteiger partial charge in [0.05, 0.1) is 12.5 Å². The number of aliphatic hydroxyl groups is 1. The van der Waals surface area contributed by atoms with Crippen molar-refractivity contribution in [2.24, 2.45) is 5.73 Å². The zero-order chi connectivity index (χ0) is 27.4. The van der Waals surface area contributed by atoms with Crippen molar-refractivity contribution in [3.05, 3.63) is 35.9 Å². The molecule has 0 aliphatic rings. The Morgan fingerprint density at radius 3 is 1.83 bits per heavy atom. The smallest absolute Gasteiger partial charge is 0.326 e. The molecular formula is C22H30N4O10. The number of benzene rings is 1. The van der Waals surface area contributed by atoms with E-state index in [9.17, 15) is 44.1 Å².